The number of amides is 2. The fourth-order valence-electron chi connectivity index (χ4n) is 7.12. The minimum atomic E-state index is -1.20. The zero-order valence-corrected chi connectivity index (χ0v) is 24.2. The number of ether oxygens (including phenoxy) is 2. The highest BCUT2D eigenvalue weighted by atomic mass is 16.6. The number of anilines is 2. The van der Waals surface area contributed by atoms with Crippen LogP contribution in [0.25, 0.3) is 0 Å². The van der Waals surface area contributed by atoms with E-state index in [-0.39, 0.29) is 31.6 Å². The molecule has 2 amide bonds. The molecule has 40 heavy (non-hydrogen) atoms. The van der Waals surface area contributed by atoms with Crippen LogP contribution in [-0.4, -0.2) is 83.9 Å². The molecule has 3 saturated heterocycles. The van der Waals surface area contributed by atoms with Gasteiger partial charge in [-0.1, -0.05) is 25.7 Å². The number of aliphatic hydroxyl groups excluding tert-OH is 1. The topological polar surface area (TPSA) is 99.6 Å². The highest BCUT2D eigenvalue weighted by molar-refractivity contribution is 6.05. The van der Waals surface area contributed by atoms with Crippen molar-refractivity contribution >= 4 is 29.2 Å². The predicted octanol–water partition coefficient (Wildman–Crippen LogP) is 3.32. The second kappa shape index (κ2) is 11.7. The molecule has 0 saturated carbocycles. The molecule has 1 spiro atoms. The van der Waals surface area contributed by atoms with Gasteiger partial charge in [0.05, 0.1) is 24.2 Å². The molecule has 218 valence electrons. The zero-order chi connectivity index (χ0) is 29.2. The molecule has 2 unspecified atom stereocenters. The number of benzene rings is 1. The summed E-state index contributed by atoms with van der Waals surface area (Å²) < 4.78 is 12.2. The maximum atomic E-state index is 14.6. The Kier molecular flexibility index (Phi) is 8.75. The molecule has 9 heteroatoms. The first-order valence-corrected chi connectivity index (χ1v) is 14.4. The Morgan fingerprint density at radius 1 is 1.15 bits per heavy atom. The third-order valence-corrected chi connectivity index (χ3v) is 9.06. The highest BCUT2D eigenvalue weighted by Gasteiger charge is 2.79. The quantitative estimate of drug-likeness (QED) is 0.296. The summed E-state index contributed by atoms with van der Waals surface area (Å²) in [5, 5.41) is 10.1. The van der Waals surface area contributed by atoms with E-state index in [1.54, 1.807) is 17.9 Å². The van der Waals surface area contributed by atoms with Gasteiger partial charge in [-0.3, -0.25) is 14.4 Å². The molecule has 3 aliphatic rings. The van der Waals surface area contributed by atoms with Crippen LogP contribution in [0.5, 0.6) is 0 Å². The third kappa shape index (κ3) is 4.53. The van der Waals surface area contributed by atoms with Gasteiger partial charge in [-0.2, -0.15) is 0 Å². The summed E-state index contributed by atoms with van der Waals surface area (Å²) in [6, 6.07) is 6.10. The maximum Gasteiger partial charge on any atom is 0.313 e. The number of hydrogen-bond donors (Lipinski definition) is 1. The number of nitrogens with zero attached hydrogens (tertiary/aromatic N) is 3. The normalized spacial score (nSPS) is 29.2. The van der Waals surface area contributed by atoms with Crippen molar-refractivity contribution < 1.29 is 29.0 Å². The Balaban J connectivity index is 1.78. The van der Waals surface area contributed by atoms with Crippen molar-refractivity contribution in [3.05, 3.63) is 49.6 Å². The molecule has 0 aromatic heterocycles. The van der Waals surface area contributed by atoms with E-state index >= 15 is 0 Å². The maximum absolute atomic E-state index is 14.6. The number of likely N-dealkylation sites (tertiary alicyclic amines) is 1. The Labute approximate surface area is 237 Å². The van der Waals surface area contributed by atoms with Crippen LogP contribution in [0.4, 0.5) is 11.4 Å². The van der Waals surface area contributed by atoms with Crippen LogP contribution in [0.15, 0.2) is 49.6 Å². The van der Waals surface area contributed by atoms with Crippen molar-refractivity contribution in [3.8, 4) is 0 Å². The number of esters is 1. The van der Waals surface area contributed by atoms with E-state index in [2.05, 4.69) is 31.9 Å². The molecule has 4 rings (SSSR count). The molecule has 1 N–H and O–H groups in total. The van der Waals surface area contributed by atoms with Crippen molar-refractivity contribution in [2.24, 2.45) is 11.8 Å². The number of fused-ring (bicyclic) bond motifs is 1. The van der Waals surface area contributed by atoms with E-state index in [0.717, 1.165) is 18.8 Å². The van der Waals surface area contributed by atoms with Gasteiger partial charge in [0.2, 0.25) is 5.91 Å². The van der Waals surface area contributed by atoms with E-state index in [9.17, 15) is 19.5 Å². The molecule has 1 aromatic carbocycles. The summed E-state index contributed by atoms with van der Waals surface area (Å²) in [5.74, 6) is -2.91. The zero-order valence-electron chi connectivity index (χ0n) is 24.2. The summed E-state index contributed by atoms with van der Waals surface area (Å²) in [4.78, 5) is 47.4. The van der Waals surface area contributed by atoms with Gasteiger partial charge in [0.15, 0.2) is 0 Å². The molecule has 2 bridgehead atoms. The average molecular weight is 554 g/mol. The van der Waals surface area contributed by atoms with Gasteiger partial charge in [0.1, 0.15) is 24.2 Å². The predicted molar refractivity (Wildman–Crippen MR) is 154 cm³/mol. The van der Waals surface area contributed by atoms with E-state index in [0.29, 0.717) is 24.9 Å². The second-order valence-corrected chi connectivity index (χ2v) is 11.0. The minimum absolute atomic E-state index is 0.0265. The van der Waals surface area contributed by atoms with Gasteiger partial charge in [0, 0.05) is 31.0 Å². The molecule has 3 aliphatic heterocycles. The molecule has 0 aliphatic carbocycles. The number of carbonyl (C=O) groups excluding carboxylic acids is 3. The molecule has 9 nitrogen and oxygen atoms in total. The van der Waals surface area contributed by atoms with Crippen molar-refractivity contribution in [3.63, 3.8) is 0 Å². The number of aliphatic hydroxyl groups is 1. The Morgan fingerprint density at radius 2 is 1.80 bits per heavy atom. The van der Waals surface area contributed by atoms with Gasteiger partial charge < -0.3 is 29.3 Å². The van der Waals surface area contributed by atoms with Crippen LogP contribution in [0.2, 0.25) is 0 Å². The summed E-state index contributed by atoms with van der Waals surface area (Å²) in [6.07, 6.45) is 4.63. The van der Waals surface area contributed by atoms with Crippen LogP contribution in [-0.2, 0) is 23.9 Å². The monoisotopic (exact) mass is 553 g/mol. The molecular weight excluding hydrogens is 510 g/mol. The number of carbonyl (C=O) groups is 3. The van der Waals surface area contributed by atoms with Crippen LogP contribution in [0.1, 0.15) is 47.0 Å². The molecule has 1 aromatic rings. The van der Waals surface area contributed by atoms with Gasteiger partial charge in [-0.25, -0.2) is 0 Å². The van der Waals surface area contributed by atoms with Crippen molar-refractivity contribution in [2.75, 3.05) is 42.6 Å². The van der Waals surface area contributed by atoms with Crippen LogP contribution >= 0.6 is 0 Å². The van der Waals surface area contributed by atoms with Gasteiger partial charge in [0.25, 0.3) is 5.91 Å². The average Bonchev–Trinajstić information content (AvgIpc) is 3.58. The van der Waals surface area contributed by atoms with E-state index < -0.39 is 41.1 Å². The lowest BCUT2D eigenvalue weighted by Gasteiger charge is -2.38. The Morgan fingerprint density at radius 3 is 2.35 bits per heavy atom. The van der Waals surface area contributed by atoms with Crippen molar-refractivity contribution in [2.45, 2.75) is 70.2 Å². The summed E-state index contributed by atoms with van der Waals surface area (Å²) in [5.41, 5.74) is -0.371. The lowest BCUT2D eigenvalue weighted by Crippen LogP contribution is -2.58. The molecular formula is C31H43N3O6. The number of hydrogen-bond acceptors (Lipinski definition) is 7. The smallest absolute Gasteiger partial charge is 0.313 e. The summed E-state index contributed by atoms with van der Waals surface area (Å²) >= 11 is 0. The minimum Gasteiger partial charge on any atom is -0.461 e. The van der Waals surface area contributed by atoms with Gasteiger partial charge >= 0.3 is 5.97 Å². The molecule has 0 radical (unpaired) electrons. The first-order valence-electron chi connectivity index (χ1n) is 14.4. The van der Waals surface area contributed by atoms with E-state index in [1.807, 2.05) is 31.2 Å². The number of rotatable bonds is 13. The van der Waals surface area contributed by atoms with Crippen LogP contribution in [0.3, 0.4) is 0 Å². The fourth-order valence-corrected chi connectivity index (χ4v) is 7.12. The Hall–Kier alpha value is -3.17. The Bertz CT molecular complexity index is 1130. The summed E-state index contributed by atoms with van der Waals surface area (Å²) in [6.45, 7) is 17.0. The van der Waals surface area contributed by atoms with Crippen LogP contribution < -0.4 is 9.80 Å². The van der Waals surface area contributed by atoms with Crippen molar-refractivity contribution in [1.29, 1.82) is 0 Å². The van der Waals surface area contributed by atoms with Crippen molar-refractivity contribution in [1.82, 2.24) is 4.90 Å². The standard InChI is InChI=1S/C31H43N3O6/c1-7-18-33(23-14-12-22(13-15-23)32(10-4)11-5)28(37)26-31-17-16-30(9-3,40-31)25(29(38)39-19-8-2)24(31)27(36)34(26)21(6)20-35/h7-8,12-15,21,24-26,35H,1-2,9-11,16-20H2,3-6H3/t21-,24+,25-,26?,30+,31?/m1/s1. The first-order chi connectivity index (χ1) is 19.2. The van der Waals surface area contributed by atoms with E-state index in [1.165, 1.54) is 11.0 Å². The van der Waals surface area contributed by atoms with Gasteiger partial charge in [-0.15, -0.1) is 6.58 Å². The molecule has 6 atom stereocenters. The first kappa shape index (κ1) is 29.8. The van der Waals surface area contributed by atoms with Crippen LogP contribution in [0, 0.1) is 11.8 Å². The summed E-state index contributed by atoms with van der Waals surface area (Å²) in [7, 11) is 0. The third-order valence-electron chi connectivity index (χ3n) is 9.06. The molecule has 3 fully saturated rings. The highest BCUT2D eigenvalue weighted by Crippen LogP contribution is 2.64. The largest absolute Gasteiger partial charge is 0.461 e. The SMILES string of the molecule is C=CCOC(=O)[C@H]1[C@H]2C(=O)N([C@H](C)CO)C(C(=O)N(CC=C)c3ccc(N(CC)CC)cc3)C23CC[C@]1(CC)O3. The lowest BCUT2D eigenvalue weighted by atomic mass is 9.65. The molecule has 3 heterocycles. The fraction of sp³-hybridized carbons (Fsp3) is 0.581. The lowest BCUT2D eigenvalue weighted by molar-refractivity contribution is -0.161. The van der Waals surface area contributed by atoms with E-state index in [4.69, 9.17) is 9.47 Å². The second-order valence-electron chi connectivity index (χ2n) is 11.0. The van der Waals surface area contributed by atoms with Gasteiger partial charge in [-0.05, 0) is 64.3 Å².